The van der Waals surface area contributed by atoms with Crippen molar-refractivity contribution >= 4 is 15.9 Å². The molecule has 2 N–H and O–H groups in total. The van der Waals surface area contributed by atoms with Crippen LogP contribution < -0.4 is 5.73 Å². The van der Waals surface area contributed by atoms with Crippen LogP contribution in [-0.2, 0) is 0 Å². The topological polar surface area (TPSA) is 26.0 Å². The molecule has 1 aromatic carbocycles. The minimum atomic E-state index is -0.201. The minimum absolute atomic E-state index is 0.201. The SMILES string of the molecule is CC1(C)[C@H](CN)[C@H]1c1ccc(F)cc1Br. The highest BCUT2D eigenvalue weighted by Gasteiger charge is 2.57. The smallest absolute Gasteiger partial charge is 0.124 e. The Hall–Kier alpha value is -0.410. The van der Waals surface area contributed by atoms with Crippen molar-refractivity contribution in [3.63, 3.8) is 0 Å². The van der Waals surface area contributed by atoms with Crippen LogP contribution in [0.5, 0.6) is 0 Å². The molecule has 15 heavy (non-hydrogen) atoms. The maximum absolute atomic E-state index is 12.9. The number of halogens is 2. The van der Waals surface area contributed by atoms with Gasteiger partial charge in [-0.2, -0.15) is 0 Å². The van der Waals surface area contributed by atoms with Gasteiger partial charge in [-0.3, -0.25) is 0 Å². The summed E-state index contributed by atoms with van der Waals surface area (Å²) >= 11 is 3.42. The van der Waals surface area contributed by atoms with E-state index in [0.717, 1.165) is 4.47 Å². The van der Waals surface area contributed by atoms with E-state index < -0.39 is 0 Å². The van der Waals surface area contributed by atoms with Gasteiger partial charge in [-0.05, 0) is 41.5 Å². The zero-order valence-electron chi connectivity index (χ0n) is 8.93. The monoisotopic (exact) mass is 271 g/mol. The Kier molecular flexibility index (Phi) is 2.63. The van der Waals surface area contributed by atoms with Crippen molar-refractivity contribution in [1.29, 1.82) is 0 Å². The van der Waals surface area contributed by atoms with Crippen molar-refractivity contribution < 1.29 is 4.39 Å². The fourth-order valence-electron chi connectivity index (χ4n) is 2.56. The molecule has 1 aliphatic carbocycles. The highest BCUT2D eigenvalue weighted by atomic mass is 79.9. The molecule has 0 aliphatic heterocycles. The molecule has 0 saturated heterocycles. The lowest BCUT2D eigenvalue weighted by atomic mass is 10.0. The summed E-state index contributed by atoms with van der Waals surface area (Å²) in [6.45, 7) is 5.12. The molecule has 0 aromatic heterocycles. The van der Waals surface area contributed by atoms with E-state index in [9.17, 15) is 4.39 Å². The van der Waals surface area contributed by atoms with Crippen LogP contribution in [0.4, 0.5) is 4.39 Å². The predicted molar refractivity (Wildman–Crippen MR) is 63.2 cm³/mol. The molecule has 0 spiro atoms. The molecule has 2 rings (SSSR count). The van der Waals surface area contributed by atoms with E-state index in [1.165, 1.54) is 17.7 Å². The molecule has 1 fully saturated rings. The van der Waals surface area contributed by atoms with Gasteiger partial charge in [0.2, 0.25) is 0 Å². The quantitative estimate of drug-likeness (QED) is 0.878. The van der Waals surface area contributed by atoms with Gasteiger partial charge < -0.3 is 5.73 Å². The van der Waals surface area contributed by atoms with Gasteiger partial charge in [0.05, 0.1) is 0 Å². The summed E-state index contributed by atoms with van der Waals surface area (Å²) in [6, 6.07) is 4.90. The van der Waals surface area contributed by atoms with E-state index in [4.69, 9.17) is 5.73 Å². The lowest BCUT2D eigenvalue weighted by molar-refractivity contribution is 0.558. The van der Waals surface area contributed by atoms with E-state index in [1.807, 2.05) is 6.07 Å². The van der Waals surface area contributed by atoms with Crippen LogP contribution in [0.25, 0.3) is 0 Å². The summed E-state index contributed by atoms with van der Waals surface area (Å²) in [5, 5.41) is 0. The van der Waals surface area contributed by atoms with Crippen molar-refractivity contribution in [2.75, 3.05) is 6.54 Å². The van der Waals surface area contributed by atoms with E-state index in [-0.39, 0.29) is 11.2 Å². The lowest BCUT2D eigenvalue weighted by Crippen LogP contribution is -2.05. The van der Waals surface area contributed by atoms with Crippen molar-refractivity contribution in [2.45, 2.75) is 19.8 Å². The van der Waals surface area contributed by atoms with Crippen LogP contribution in [0.1, 0.15) is 25.3 Å². The second-order valence-electron chi connectivity index (χ2n) is 4.81. The van der Waals surface area contributed by atoms with Crippen LogP contribution in [0.2, 0.25) is 0 Å². The van der Waals surface area contributed by atoms with Crippen LogP contribution in [0, 0.1) is 17.2 Å². The first kappa shape index (κ1) is 11.1. The van der Waals surface area contributed by atoms with Gasteiger partial charge in [-0.25, -0.2) is 4.39 Å². The standard InChI is InChI=1S/C12H15BrFN/c1-12(2)9(6-15)11(12)8-4-3-7(14)5-10(8)13/h3-5,9,11H,6,15H2,1-2H3/t9-,11-/m1/s1. The third-order valence-corrected chi connectivity index (χ3v) is 4.29. The molecule has 3 heteroatoms. The summed E-state index contributed by atoms with van der Waals surface area (Å²) in [5.74, 6) is 0.769. The lowest BCUT2D eigenvalue weighted by Gasteiger charge is -2.05. The summed E-state index contributed by atoms with van der Waals surface area (Å²) in [4.78, 5) is 0. The predicted octanol–water partition coefficient (Wildman–Crippen LogP) is 3.29. The fraction of sp³-hybridized carbons (Fsp3) is 0.500. The van der Waals surface area contributed by atoms with Gasteiger partial charge in [0, 0.05) is 4.47 Å². The number of nitrogens with two attached hydrogens (primary N) is 1. The number of rotatable bonds is 2. The van der Waals surface area contributed by atoms with Gasteiger partial charge in [-0.1, -0.05) is 35.8 Å². The summed E-state index contributed by atoms with van der Waals surface area (Å²) in [7, 11) is 0. The molecule has 0 heterocycles. The van der Waals surface area contributed by atoms with Gasteiger partial charge in [0.1, 0.15) is 5.82 Å². The molecule has 1 aromatic rings. The Morgan fingerprint density at radius 2 is 2.13 bits per heavy atom. The Bertz CT molecular complexity index is 389. The van der Waals surface area contributed by atoms with E-state index in [1.54, 1.807) is 0 Å². The highest BCUT2D eigenvalue weighted by molar-refractivity contribution is 9.10. The molecule has 0 amide bonds. The summed E-state index contributed by atoms with van der Waals surface area (Å²) in [6.07, 6.45) is 0. The Morgan fingerprint density at radius 3 is 2.60 bits per heavy atom. The maximum atomic E-state index is 12.9. The van der Waals surface area contributed by atoms with Crippen LogP contribution >= 0.6 is 15.9 Å². The fourth-order valence-corrected chi connectivity index (χ4v) is 3.15. The van der Waals surface area contributed by atoms with Crippen LogP contribution in [-0.4, -0.2) is 6.54 Å². The van der Waals surface area contributed by atoms with Gasteiger partial charge in [0.25, 0.3) is 0 Å². The third kappa shape index (κ3) is 1.72. The molecular weight excluding hydrogens is 257 g/mol. The molecule has 1 nitrogen and oxygen atoms in total. The average Bonchev–Trinajstić information content (AvgIpc) is 2.68. The first-order valence-electron chi connectivity index (χ1n) is 5.13. The normalized spacial score (nSPS) is 27.8. The number of benzene rings is 1. The highest BCUT2D eigenvalue weighted by Crippen LogP contribution is 2.64. The first-order chi connectivity index (χ1) is 6.98. The molecule has 1 saturated carbocycles. The Labute approximate surface area is 98.0 Å². The van der Waals surface area contributed by atoms with E-state index in [0.29, 0.717) is 18.4 Å². The number of hydrogen-bond donors (Lipinski definition) is 1. The summed E-state index contributed by atoms with van der Waals surface area (Å²) < 4.78 is 13.8. The second kappa shape index (κ2) is 3.56. The molecule has 1 aliphatic rings. The molecule has 0 radical (unpaired) electrons. The van der Waals surface area contributed by atoms with Gasteiger partial charge >= 0.3 is 0 Å². The van der Waals surface area contributed by atoms with E-state index in [2.05, 4.69) is 29.8 Å². The first-order valence-corrected chi connectivity index (χ1v) is 5.92. The van der Waals surface area contributed by atoms with Gasteiger partial charge in [0.15, 0.2) is 0 Å². The van der Waals surface area contributed by atoms with Crippen molar-refractivity contribution in [3.05, 3.63) is 34.1 Å². The largest absolute Gasteiger partial charge is 0.330 e. The molecule has 0 bridgehead atoms. The van der Waals surface area contributed by atoms with Crippen molar-refractivity contribution in [1.82, 2.24) is 0 Å². The number of hydrogen-bond acceptors (Lipinski definition) is 1. The maximum Gasteiger partial charge on any atom is 0.124 e. The van der Waals surface area contributed by atoms with Crippen molar-refractivity contribution in [2.24, 2.45) is 17.1 Å². The molecule has 82 valence electrons. The van der Waals surface area contributed by atoms with Gasteiger partial charge in [-0.15, -0.1) is 0 Å². The Morgan fingerprint density at radius 1 is 1.47 bits per heavy atom. The van der Waals surface area contributed by atoms with Crippen LogP contribution in [0.3, 0.4) is 0 Å². The third-order valence-electron chi connectivity index (χ3n) is 3.60. The molecule has 0 unspecified atom stereocenters. The molecular formula is C12H15BrFN. The second-order valence-corrected chi connectivity index (χ2v) is 5.66. The summed E-state index contributed by atoms with van der Waals surface area (Å²) in [5.41, 5.74) is 7.15. The average molecular weight is 272 g/mol. The Balaban J connectivity index is 2.33. The van der Waals surface area contributed by atoms with Crippen molar-refractivity contribution in [3.8, 4) is 0 Å². The zero-order chi connectivity index (χ0) is 11.2. The van der Waals surface area contributed by atoms with Crippen LogP contribution in [0.15, 0.2) is 22.7 Å². The minimum Gasteiger partial charge on any atom is -0.330 e. The zero-order valence-corrected chi connectivity index (χ0v) is 10.5. The van der Waals surface area contributed by atoms with E-state index >= 15 is 0 Å². The molecule has 2 atom stereocenters.